The van der Waals surface area contributed by atoms with Gasteiger partial charge in [0.05, 0.1) is 19.1 Å². The minimum Gasteiger partial charge on any atom is -0.493 e. The van der Waals surface area contributed by atoms with Crippen molar-refractivity contribution in [2.75, 3.05) is 33.1 Å². The fraction of sp³-hybridized carbons (Fsp3) is 0.348. The van der Waals surface area contributed by atoms with Crippen molar-refractivity contribution in [3.8, 4) is 11.5 Å². The molecule has 0 aliphatic heterocycles. The molecule has 1 amide bonds. The number of anilines is 1. The fourth-order valence-electron chi connectivity index (χ4n) is 3.08. The lowest BCUT2D eigenvalue weighted by Crippen LogP contribution is -2.27. The minimum absolute atomic E-state index is 0.184. The highest BCUT2D eigenvalue weighted by Crippen LogP contribution is 2.33. The Morgan fingerprint density at radius 1 is 1.16 bits per heavy atom. The summed E-state index contributed by atoms with van der Waals surface area (Å²) in [6.07, 6.45) is 3.94. The van der Waals surface area contributed by atoms with E-state index in [9.17, 15) is 13.2 Å². The predicted molar refractivity (Wildman–Crippen MR) is 123 cm³/mol. The van der Waals surface area contributed by atoms with E-state index in [1.807, 2.05) is 6.92 Å². The molecule has 1 N–H and O–H groups in total. The van der Waals surface area contributed by atoms with Gasteiger partial charge in [0.15, 0.2) is 11.5 Å². The monoisotopic (exact) mass is 446 g/mol. The van der Waals surface area contributed by atoms with Crippen molar-refractivity contribution in [2.45, 2.75) is 31.1 Å². The number of methoxy groups -OCH3 is 2. The van der Waals surface area contributed by atoms with E-state index in [0.29, 0.717) is 35.7 Å². The zero-order valence-corrected chi connectivity index (χ0v) is 19.3. The number of rotatable bonds is 11. The zero-order valence-electron chi connectivity index (χ0n) is 18.5. The average Bonchev–Trinajstić information content (AvgIpc) is 2.77. The highest BCUT2D eigenvalue weighted by Gasteiger charge is 2.20. The van der Waals surface area contributed by atoms with E-state index in [0.717, 1.165) is 18.4 Å². The summed E-state index contributed by atoms with van der Waals surface area (Å²) in [5.74, 6) is 0.659. The van der Waals surface area contributed by atoms with Crippen LogP contribution in [0.2, 0.25) is 0 Å². The standard InChI is InChI=1S/C23H30N2O5S/c1-6-8-14-25(3)31(27,28)20-12-10-19(11-13-20)24-23(26)18-15-17(9-7-2)22(30-5)21(16-18)29-4/h7,10-13,15-16H,2,6,8-9,14H2,1,3-5H3,(H,24,26). The third-order valence-electron chi connectivity index (χ3n) is 4.83. The highest BCUT2D eigenvalue weighted by atomic mass is 32.2. The first-order valence-corrected chi connectivity index (χ1v) is 11.5. The number of allylic oxidation sites excluding steroid dienone is 1. The molecule has 7 nitrogen and oxygen atoms in total. The molecule has 0 unspecified atom stereocenters. The van der Waals surface area contributed by atoms with Gasteiger partial charge < -0.3 is 14.8 Å². The summed E-state index contributed by atoms with van der Waals surface area (Å²) in [5.41, 5.74) is 1.66. The maximum Gasteiger partial charge on any atom is 0.255 e. The number of ether oxygens (including phenoxy) is 2. The molecule has 0 heterocycles. The maximum absolute atomic E-state index is 12.8. The van der Waals surface area contributed by atoms with Crippen LogP contribution in [-0.2, 0) is 16.4 Å². The first-order valence-electron chi connectivity index (χ1n) is 10.0. The number of hydrogen-bond donors (Lipinski definition) is 1. The van der Waals surface area contributed by atoms with E-state index in [1.165, 1.54) is 23.5 Å². The van der Waals surface area contributed by atoms with Crippen LogP contribution in [0.5, 0.6) is 11.5 Å². The lowest BCUT2D eigenvalue weighted by atomic mass is 10.0. The van der Waals surface area contributed by atoms with Crippen molar-refractivity contribution in [3.63, 3.8) is 0 Å². The highest BCUT2D eigenvalue weighted by molar-refractivity contribution is 7.89. The van der Waals surface area contributed by atoms with Gasteiger partial charge in [0.2, 0.25) is 10.0 Å². The lowest BCUT2D eigenvalue weighted by molar-refractivity contribution is 0.102. The van der Waals surface area contributed by atoms with Crippen LogP contribution >= 0.6 is 0 Å². The predicted octanol–water partition coefficient (Wildman–Crippen LogP) is 4.11. The molecule has 2 aromatic rings. The molecule has 0 saturated heterocycles. The quantitative estimate of drug-likeness (QED) is 0.525. The Hall–Kier alpha value is -2.84. The molecule has 0 aliphatic rings. The summed E-state index contributed by atoms with van der Waals surface area (Å²) >= 11 is 0. The second kappa shape index (κ2) is 11.0. The summed E-state index contributed by atoms with van der Waals surface area (Å²) in [7, 11) is 1.06. The number of carbonyl (C=O) groups excluding carboxylic acids is 1. The van der Waals surface area contributed by atoms with Gasteiger partial charge in [-0.1, -0.05) is 19.4 Å². The molecule has 0 radical (unpaired) electrons. The summed E-state index contributed by atoms with van der Waals surface area (Å²) in [5, 5.41) is 2.79. The van der Waals surface area contributed by atoms with Gasteiger partial charge in [-0.25, -0.2) is 12.7 Å². The zero-order chi connectivity index (χ0) is 23.0. The molecule has 0 atom stereocenters. The molecular weight excluding hydrogens is 416 g/mol. The van der Waals surface area contributed by atoms with E-state index >= 15 is 0 Å². The van der Waals surface area contributed by atoms with Gasteiger partial charge in [-0.05, 0) is 49.2 Å². The van der Waals surface area contributed by atoms with Crippen LogP contribution in [0.1, 0.15) is 35.7 Å². The van der Waals surface area contributed by atoms with Crippen molar-refractivity contribution in [1.82, 2.24) is 4.31 Å². The van der Waals surface area contributed by atoms with Gasteiger partial charge >= 0.3 is 0 Å². The molecule has 2 rings (SSSR count). The lowest BCUT2D eigenvalue weighted by Gasteiger charge is -2.17. The van der Waals surface area contributed by atoms with Gasteiger partial charge in [0, 0.05) is 30.4 Å². The number of nitrogens with one attached hydrogen (secondary N) is 1. The molecule has 8 heteroatoms. The van der Waals surface area contributed by atoms with E-state index in [-0.39, 0.29) is 10.8 Å². The van der Waals surface area contributed by atoms with Crippen LogP contribution in [0.4, 0.5) is 5.69 Å². The number of hydrogen-bond acceptors (Lipinski definition) is 5. The van der Waals surface area contributed by atoms with Gasteiger partial charge in [-0.3, -0.25) is 4.79 Å². The molecule has 0 aromatic heterocycles. The third-order valence-corrected chi connectivity index (χ3v) is 6.70. The molecule has 0 saturated carbocycles. The normalized spacial score (nSPS) is 11.3. The number of unbranched alkanes of at least 4 members (excludes halogenated alkanes) is 1. The first-order chi connectivity index (χ1) is 14.8. The Morgan fingerprint density at radius 3 is 2.39 bits per heavy atom. The number of sulfonamides is 1. The van der Waals surface area contributed by atoms with E-state index < -0.39 is 10.0 Å². The molecule has 0 bridgehead atoms. The Kier molecular flexibility index (Phi) is 8.65. The van der Waals surface area contributed by atoms with Crippen molar-refractivity contribution in [3.05, 3.63) is 60.2 Å². The number of amides is 1. The number of carbonyl (C=O) groups is 1. The van der Waals surface area contributed by atoms with Crippen LogP contribution in [-0.4, -0.2) is 46.4 Å². The topological polar surface area (TPSA) is 84.9 Å². The molecular formula is C23H30N2O5S. The molecule has 31 heavy (non-hydrogen) atoms. The summed E-state index contributed by atoms with van der Waals surface area (Å²) in [4.78, 5) is 13.0. The van der Waals surface area contributed by atoms with Crippen LogP contribution in [0.25, 0.3) is 0 Å². The van der Waals surface area contributed by atoms with Crippen molar-refractivity contribution in [2.24, 2.45) is 0 Å². The Bertz CT molecular complexity index is 1020. The minimum atomic E-state index is -3.56. The van der Waals surface area contributed by atoms with Crippen LogP contribution in [0.3, 0.4) is 0 Å². The molecule has 0 spiro atoms. The van der Waals surface area contributed by atoms with Gasteiger partial charge in [-0.2, -0.15) is 0 Å². The summed E-state index contributed by atoms with van der Waals surface area (Å²) in [6, 6.07) is 9.45. The van der Waals surface area contributed by atoms with Crippen LogP contribution < -0.4 is 14.8 Å². The summed E-state index contributed by atoms with van der Waals surface area (Å²) in [6.45, 7) is 6.21. The summed E-state index contributed by atoms with van der Waals surface area (Å²) < 4.78 is 37.4. The van der Waals surface area contributed by atoms with Crippen molar-refractivity contribution >= 4 is 21.6 Å². The van der Waals surface area contributed by atoms with Crippen LogP contribution in [0.15, 0.2) is 53.9 Å². The van der Waals surface area contributed by atoms with Crippen molar-refractivity contribution < 1.29 is 22.7 Å². The molecule has 2 aromatic carbocycles. The molecule has 0 fully saturated rings. The third kappa shape index (κ3) is 5.86. The smallest absolute Gasteiger partial charge is 0.255 e. The van der Waals surface area contributed by atoms with E-state index in [1.54, 1.807) is 44.5 Å². The number of nitrogens with zero attached hydrogens (tertiary/aromatic N) is 1. The number of benzene rings is 2. The fourth-order valence-corrected chi connectivity index (χ4v) is 4.29. The maximum atomic E-state index is 12.8. The van der Waals surface area contributed by atoms with E-state index in [2.05, 4.69) is 11.9 Å². The SMILES string of the molecule is C=CCc1cc(C(=O)Nc2ccc(S(=O)(=O)N(C)CCCC)cc2)cc(OC)c1OC. The molecule has 168 valence electrons. The first kappa shape index (κ1) is 24.4. The second-order valence-corrected chi connectivity index (χ2v) is 9.07. The van der Waals surface area contributed by atoms with Gasteiger partial charge in [-0.15, -0.1) is 6.58 Å². The van der Waals surface area contributed by atoms with E-state index in [4.69, 9.17) is 9.47 Å². The largest absolute Gasteiger partial charge is 0.493 e. The Labute approximate surface area is 184 Å². The van der Waals surface area contributed by atoms with Crippen LogP contribution in [0, 0.1) is 0 Å². The van der Waals surface area contributed by atoms with Gasteiger partial charge in [0.25, 0.3) is 5.91 Å². The van der Waals surface area contributed by atoms with Crippen molar-refractivity contribution in [1.29, 1.82) is 0 Å². The Morgan fingerprint density at radius 2 is 1.84 bits per heavy atom. The Balaban J connectivity index is 2.23. The second-order valence-electron chi connectivity index (χ2n) is 7.02. The molecule has 0 aliphatic carbocycles. The average molecular weight is 447 g/mol. The van der Waals surface area contributed by atoms with Gasteiger partial charge in [0.1, 0.15) is 0 Å².